The topological polar surface area (TPSA) is 92.5 Å². The lowest BCUT2D eigenvalue weighted by molar-refractivity contribution is -0.387. The Morgan fingerprint density at radius 3 is 2.81 bits per heavy atom. The molecule has 114 valence electrons. The summed E-state index contributed by atoms with van der Waals surface area (Å²) in [6.45, 7) is 1.77. The van der Waals surface area contributed by atoms with Gasteiger partial charge >= 0.3 is 5.69 Å². The Bertz CT molecular complexity index is 694. The zero-order valence-electron chi connectivity index (χ0n) is 11.0. The Balaban J connectivity index is 1.95. The molecule has 2 atom stereocenters. The van der Waals surface area contributed by atoms with Crippen molar-refractivity contribution in [2.45, 2.75) is 17.4 Å². The largest absolute Gasteiger partial charge is 0.315 e. The van der Waals surface area contributed by atoms with E-state index >= 15 is 0 Å². The first-order valence-corrected chi connectivity index (χ1v) is 8.02. The molecule has 0 saturated carbocycles. The molecule has 9 heteroatoms. The predicted octanol–water partition coefficient (Wildman–Crippen LogP) is 0.716. The molecule has 2 fully saturated rings. The summed E-state index contributed by atoms with van der Waals surface area (Å²) in [5.41, 5.74) is -0.726. The third kappa shape index (κ3) is 2.30. The lowest BCUT2D eigenvalue weighted by atomic mass is 10.1. The number of nitro groups is 1. The fourth-order valence-electron chi connectivity index (χ4n) is 3.04. The van der Waals surface area contributed by atoms with E-state index in [1.807, 2.05) is 0 Å². The highest BCUT2D eigenvalue weighted by molar-refractivity contribution is 7.89. The van der Waals surface area contributed by atoms with Gasteiger partial charge in [-0.1, -0.05) is 0 Å². The number of nitro benzene ring substituents is 1. The molecule has 0 aliphatic carbocycles. The summed E-state index contributed by atoms with van der Waals surface area (Å²) in [4.78, 5) is 9.47. The molecule has 3 rings (SSSR count). The molecule has 0 bridgehead atoms. The van der Waals surface area contributed by atoms with Gasteiger partial charge in [-0.2, -0.15) is 8.70 Å². The van der Waals surface area contributed by atoms with E-state index in [4.69, 9.17) is 0 Å². The van der Waals surface area contributed by atoms with Gasteiger partial charge in [0.2, 0.25) is 15.8 Å². The first-order chi connectivity index (χ1) is 9.91. The van der Waals surface area contributed by atoms with Gasteiger partial charge in [-0.05, 0) is 24.9 Å². The SMILES string of the molecule is O=[N+]([O-])c1ccc(S(=O)(=O)N2CC[C@H]3CNC[C@H]32)cc1F. The fraction of sp³-hybridized carbons (Fsp3) is 0.500. The van der Waals surface area contributed by atoms with Crippen LogP contribution >= 0.6 is 0 Å². The molecule has 0 spiro atoms. The lowest BCUT2D eigenvalue weighted by Gasteiger charge is -2.22. The van der Waals surface area contributed by atoms with Gasteiger partial charge in [0.15, 0.2) is 0 Å². The highest BCUT2D eigenvalue weighted by Crippen LogP contribution is 2.33. The molecule has 21 heavy (non-hydrogen) atoms. The van der Waals surface area contributed by atoms with E-state index in [1.165, 1.54) is 4.31 Å². The van der Waals surface area contributed by atoms with Gasteiger partial charge in [0.1, 0.15) is 0 Å². The van der Waals surface area contributed by atoms with Crippen molar-refractivity contribution in [2.75, 3.05) is 19.6 Å². The van der Waals surface area contributed by atoms with Crippen LogP contribution in [0, 0.1) is 21.8 Å². The molecule has 2 aliphatic heterocycles. The Kier molecular flexibility index (Phi) is 3.42. The smallest absolute Gasteiger partial charge is 0.304 e. The molecule has 1 N–H and O–H groups in total. The Morgan fingerprint density at radius 1 is 1.38 bits per heavy atom. The average molecular weight is 315 g/mol. The molecule has 0 aromatic heterocycles. The van der Waals surface area contributed by atoms with Crippen LogP contribution in [-0.2, 0) is 10.0 Å². The summed E-state index contributed by atoms with van der Waals surface area (Å²) in [6, 6.07) is 2.59. The Hall–Kier alpha value is -1.58. The van der Waals surface area contributed by atoms with Gasteiger partial charge in [0.05, 0.1) is 9.82 Å². The quantitative estimate of drug-likeness (QED) is 0.655. The van der Waals surface area contributed by atoms with Crippen molar-refractivity contribution < 1.29 is 17.7 Å². The molecule has 7 nitrogen and oxygen atoms in total. The van der Waals surface area contributed by atoms with E-state index < -0.39 is 26.5 Å². The molecule has 0 radical (unpaired) electrons. The molecule has 1 aromatic carbocycles. The highest BCUT2D eigenvalue weighted by atomic mass is 32.2. The number of hydrogen-bond donors (Lipinski definition) is 1. The first kappa shape index (κ1) is 14.4. The van der Waals surface area contributed by atoms with Gasteiger partial charge in [0.25, 0.3) is 0 Å². The number of rotatable bonds is 3. The van der Waals surface area contributed by atoms with E-state index in [-0.39, 0.29) is 16.9 Å². The van der Waals surface area contributed by atoms with E-state index in [9.17, 15) is 22.9 Å². The Labute approximate surface area is 120 Å². The van der Waals surface area contributed by atoms with E-state index in [2.05, 4.69) is 5.32 Å². The van der Waals surface area contributed by atoms with Crippen LogP contribution in [0.3, 0.4) is 0 Å². The zero-order chi connectivity index (χ0) is 15.2. The van der Waals surface area contributed by atoms with Crippen molar-refractivity contribution in [3.63, 3.8) is 0 Å². The maximum Gasteiger partial charge on any atom is 0.304 e. The lowest BCUT2D eigenvalue weighted by Crippen LogP contribution is -2.39. The third-order valence-electron chi connectivity index (χ3n) is 4.12. The number of hydrogen-bond acceptors (Lipinski definition) is 5. The monoisotopic (exact) mass is 315 g/mol. The van der Waals surface area contributed by atoms with E-state index in [1.54, 1.807) is 0 Å². The van der Waals surface area contributed by atoms with Crippen LogP contribution < -0.4 is 5.32 Å². The van der Waals surface area contributed by atoms with Gasteiger partial charge < -0.3 is 5.32 Å². The maximum atomic E-state index is 13.6. The van der Waals surface area contributed by atoms with E-state index in [0.29, 0.717) is 13.1 Å². The van der Waals surface area contributed by atoms with E-state index in [0.717, 1.165) is 31.2 Å². The third-order valence-corrected chi connectivity index (χ3v) is 6.04. The second-order valence-corrected chi connectivity index (χ2v) is 7.15. The van der Waals surface area contributed by atoms with Crippen LogP contribution in [0.25, 0.3) is 0 Å². The molecular weight excluding hydrogens is 301 g/mol. The molecule has 0 amide bonds. The number of nitrogens with one attached hydrogen (secondary N) is 1. The number of fused-ring (bicyclic) bond motifs is 1. The number of nitrogens with zero attached hydrogens (tertiary/aromatic N) is 2. The first-order valence-electron chi connectivity index (χ1n) is 6.58. The number of sulfonamides is 1. The van der Waals surface area contributed by atoms with Crippen molar-refractivity contribution in [3.05, 3.63) is 34.1 Å². The van der Waals surface area contributed by atoms with Crippen LogP contribution in [0.2, 0.25) is 0 Å². The van der Waals surface area contributed by atoms with Gasteiger partial charge in [0, 0.05) is 31.3 Å². The van der Waals surface area contributed by atoms with Crippen LogP contribution in [-0.4, -0.2) is 43.3 Å². The minimum atomic E-state index is -3.83. The standard InChI is InChI=1S/C12H14FN3O4S/c13-10-5-9(1-2-11(10)16(17)18)21(19,20)15-4-3-8-6-14-7-12(8)15/h1-2,5,8,12,14H,3-4,6-7H2/t8-,12+/m0/s1. The van der Waals surface area contributed by atoms with Crippen LogP contribution in [0.15, 0.2) is 23.1 Å². The number of halogens is 1. The highest BCUT2D eigenvalue weighted by Gasteiger charge is 2.44. The fourth-order valence-corrected chi connectivity index (χ4v) is 4.75. The number of benzene rings is 1. The molecule has 2 heterocycles. The van der Waals surface area contributed by atoms with Crippen LogP contribution in [0.5, 0.6) is 0 Å². The summed E-state index contributed by atoms with van der Waals surface area (Å²) in [5.74, 6) is -0.857. The van der Waals surface area contributed by atoms with Gasteiger partial charge in [-0.3, -0.25) is 10.1 Å². The zero-order valence-corrected chi connectivity index (χ0v) is 11.8. The van der Waals surface area contributed by atoms with Crippen molar-refractivity contribution in [2.24, 2.45) is 5.92 Å². The van der Waals surface area contributed by atoms with Gasteiger partial charge in [-0.15, -0.1) is 0 Å². The van der Waals surface area contributed by atoms with Crippen molar-refractivity contribution in [1.82, 2.24) is 9.62 Å². The van der Waals surface area contributed by atoms with Crippen molar-refractivity contribution in [1.29, 1.82) is 0 Å². The Morgan fingerprint density at radius 2 is 2.14 bits per heavy atom. The maximum absolute atomic E-state index is 13.6. The molecule has 0 unspecified atom stereocenters. The summed E-state index contributed by atoms with van der Waals surface area (Å²) in [6.07, 6.45) is 0.770. The van der Waals surface area contributed by atoms with Crippen molar-refractivity contribution >= 4 is 15.7 Å². The second kappa shape index (κ2) is 5.00. The second-order valence-electron chi connectivity index (χ2n) is 5.26. The molecule has 1 aromatic rings. The molecular formula is C12H14FN3O4S. The van der Waals surface area contributed by atoms with Gasteiger partial charge in [-0.25, -0.2) is 8.42 Å². The predicted molar refractivity (Wildman–Crippen MR) is 71.7 cm³/mol. The average Bonchev–Trinajstić information content (AvgIpc) is 2.99. The molecule has 2 aliphatic rings. The normalized spacial score (nSPS) is 26.0. The molecule has 2 saturated heterocycles. The minimum Gasteiger partial charge on any atom is -0.315 e. The summed E-state index contributed by atoms with van der Waals surface area (Å²) in [5, 5.41) is 13.7. The van der Waals surface area contributed by atoms with Crippen LogP contribution in [0.4, 0.5) is 10.1 Å². The summed E-state index contributed by atoms with van der Waals surface area (Å²) in [7, 11) is -3.83. The summed E-state index contributed by atoms with van der Waals surface area (Å²) >= 11 is 0. The van der Waals surface area contributed by atoms with Crippen molar-refractivity contribution in [3.8, 4) is 0 Å². The minimum absolute atomic E-state index is 0.117. The summed E-state index contributed by atoms with van der Waals surface area (Å²) < 4.78 is 40.2. The van der Waals surface area contributed by atoms with Crippen LogP contribution in [0.1, 0.15) is 6.42 Å².